The molecule has 1 saturated carbocycles. The first-order chi connectivity index (χ1) is 10.2. The number of hydrogen-bond donors (Lipinski definition) is 2. The molecule has 1 aliphatic rings. The molecule has 6 heteroatoms. The van der Waals surface area contributed by atoms with Crippen LogP contribution in [0.15, 0.2) is 10.4 Å². The zero-order valence-electron chi connectivity index (χ0n) is 13.9. The summed E-state index contributed by atoms with van der Waals surface area (Å²) in [6, 6.07) is 0.592. The molecule has 0 saturated heterocycles. The zero-order valence-corrected chi connectivity index (χ0v) is 17.0. The van der Waals surface area contributed by atoms with E-state index in [2.05, 4.69) is 39.8 Å². The van der Waals surface area contributed by atoms with Gasteiger partial charge in [-0.3, -0.25) is 4.99 Å². The molecular weight excluding hydrogens is 407 g/mol. The van der Waals surface area contributed by atoms with Crippen LogP contribution in [0.1, 0.15) is 49.7 Å². The second kappa shape index (κ2) is 10.4. The molecule has 2 rings (SSSR count). The summed E-state index contributed by atoms with van der Waals surface area (Å²) in [5.74, 6) is 1.84. The third-order valence-electron chi connectivity index (χ3n) is 4.11. The Morgan fingerprint density at radius 2 is 2.09 bits per heavy atom. The number of aliphatic imine (C=N–C) groups is 1. The average molecular weight is 436 g/mol. The van der Waals surface area contributed by atoms with E-state index in [1.54, 1.807) is 11.3 Å². The van der Waals surface area contributed by atoms with Crippen molar-refractivity contribution in [2.75, 3.05) is 13.6 Å². The summed E-state index contributed by atoms with van der Waals surface area (Å²) in [5, 5.41) is 10.3. The Morgan fingerprint density at radius 1 is 1.36 bits per heavy atom. The van der Waals surface area contributed by atoms with Gasteiger partial charge >= 0.3 is 0 Å². The van der Waals surface area contributed by atoms with Crippen molar-refractivity contribution in [3.05, 3.63) is 16.1 Å². The van der Waals surface area contributed by atoms with Crippen molar-refractivity contribution in [3.63, 3.8) is 0 Å². The van der Waals surface area contributed by atoms with Gasteiger partial charge in [-0.15, -0.1) is 35.3 Å². The van der Waals surface area contributed by atoms with E-state index in [0.29, 0.717) is 6.04 Å². The molecule has 1 aromatic rings. The lowest BCUT2D eigenvalue weighted by Crippen LogP contribution is -2.45. The van der Waals surface area contributed by atoms with Crippen LogP contribution in [0, 0.1) is 12.8 Å². The number of aromatic nitrogens is 1. The molecule has 22 heavy (non-hydrogen) atoms. The van der Waals surface area contributed by atoms with E-state index in [1.807, 2.05) is 7.05 Å². The minimum absolute atomic E-state index is 0. The van der Waals surface area contributed by atoms with Gasteiger partial charge in [0.15, 0.2) is 5.96 Å². The number of thiazole rings is 1. The summed E-state index contributed by atoms with van der Waals surface area (Å²) in [6.45, 7) is 5.35. The topological polar surface area (TPSA) is 49.3 Å². The van der Waals surface area contributed by atoms with Crippen molar-refractivity contribution in [1.29, 1.82) is 0 Å². The third-order valence-corrected chi connectivity index (χ3v) is 5.13. The number of rotatable bonds is 5. The molecule has 0 aromatic carbocycles. The lowest BCUT2D eigenvalue weighted by atomic mass is 9.87. The number of aryl methyl sites for hydroxylation is 2. The van der Waals surface area contributed by atoms with Crippen LogP contribution in [0.3, 0.4) is 0 Å². The van der Waals surface area contributed by atoms with E-state index in [0.717, 1.165) is 37.0 Å². The van der Waals surface area contributed by atoms with Gasteiger partial charge in [0.1, 0.15) is 0 Å². The summed E-state index contributed by atoms with van der Waals surface area (Å²) < 4.78 is 0. The monoisotopic (exact) mass is 436 g/mol. The lowest BCUT2D eigenvalue weighted by Gasteiger charge is -2.28. The van der Waals surface area contributed by atoms with Crippen LogP contribution in [0.4, 0.5) is 0 Å². The van der Waals surface area contributed by atoms with Gasteiger partial charge < -0.3 is 10.6 Å². The molecule has 0 atom stereocenters. The van der Waals surface area contributed by atoms with Gasteiger partial charge in [0.2, 0.25) is 0 Å². The average Bonchev–Trinajstić information content (AvgIpc) is 2.90. The Kier molecular flexibility index (Phi) is 9.31. The first-order valence-corrected chi connectivity index (χ1v) is 8.93. The third kappa shape index (κ3) is 6.81. The number of halogens is 1. The van der Waals surface area contributed by atoms with Crippen molar-refractivity contribution in [1.82, 2.24) is 15.6 Å². The molecule has 2 N–H and O–H groups in total. The molecular formula is C16H29IN4S. The van der Waals surface area contributed by atoms with Crippen molar-refractivity contribution in [2.45, 2.75) is 58.4 Å². The van der Waals surface area contributed by atoms with Crippen LogP contribution >= 0.6 is 35.3 Å². The van der Waals surface area contributed by atoms with Gasteiger partial charge in [-0.05, 0) is 44.9 Å². The van der Waals surface area contributed by atoms with Gasteiger partial charge in [0.05, 0.1) is 5.01 Å². The van der Waals surface area contributed by atoms with Crippen LogP contribution < -0.4 is 10.6 Å². The highest BCUT2D eigenvalue weighted by molar-refractivity contribution is 14.0. The first-order valence-electron chi connectivity index (χ1n) is 8.05. The molecule has 1 fully saturated rings. The highest BCUT2D eigenvalue weighted by Gasteiger charge is 2.18. The summed E-state index contributed by atoms with van der Waals surface area (Å²) in [5.41, 5.74) is 1.13. The summed E-state index contributed by atoms with van der Waals surface area (Å²) in [4.78, 5) is 8.82. The molecule has 1 aliphatic carbocycles. The zero-order chi connectivity index (χ0) is 15.1. The fraction of sp³-hybridized carbons (Fsp3) is 0.750. The molecule has 0 spiro atoms. The molecule has 0 bridgehead atoms. The van der Waals surface area contributed by atoms with Gasteiger partial charge in [-0.1, -0.05) is 6.92 Å². The summed E-state index contributed by atoms with van der Waals surface area (Å²) >= 11 is 1.76. The van der Waals surface area contributed by atoms with Crippen LogP contribution in [0.5, 0.6) is 0 Å². The Balaban J connectivity index is 0.00000242. The van der Waals surface area contributed by atoms with Crippen molar-refractivity contribution < 1.29 is 0 Å². The molecule has 0 unspecified atom stereocenters. The van der Waals surface area contributed by atoms with Gasteiger partial charge in [0.25, 0.3) is 0 Å². The van der Waals surface area contributed by atoms with E-state index in [-0.39, 0.29) is 24.0 Å². The van der Waals surface area contributed by atoms with Crippen LogP contribution in [-0.2, 0) is 6.42 Å². The summed E-state index contributed by atoms with van der Waals surface area (Å²) in [7, 11) is 1.85. The predicted molar refractivity (Wildman–Crippen MR) is 107 cm³/mol. The van der Waals surface area contributed by atoms with E-state index in [9.17, 15) is 0 Å². The molecule has 4 nitrogen and oxygen atoms in total. The molecule has 1 aromatic heterocycles. The number of nitrogens with zero attached hydrogens (tertiary/aromatic N) is 2. The molecule has 0 aliphatic heterocycles. The van der Waals surface area contributed by atoms with Crippen molar-refractivity contribution in [3.8, 4) is 0 Å². The first kappa shape index (κ1) is 19.7. The normalized spacial score (nSPS) is 22.0. The van der Waals surface area contributed by atoms with E-state index < -0.39 is 0 Å². The van der Waals surface area contributed by atoms with Crippen molar-refractivity contribution >= 4 is 41.3 Å². The minimum Gasteiger partial charge on any atom is -0.356 e. The lowest BCUT2D eigenvalue weighted by molar-refractivity contribution is 0.329. The number of hydrogen-bond acceptors (Lipinski definition) is 3. The molecule has 0 radical (unpaired) electrons. The Bertz CT molecular complexity index is 453. The van der Waals surface area contributed by atoms with Gasteiger partial charge in [-0.2, -0.15) is 0 Å². The van der Waals surface area contributed by atoms with Crippen molar-refractivity contribution in [2.24, 2.45) is 10.9 Å². The standard InChI is InChI=1S/C16H28N4S.HI/c1-12-6-8-14(9-7-12)20-16(17-3)18-10-4-5-15-19-13(2)11-21-15;/h11-12,14H,4-10H2,1-3H3,(H2,17,18,20);1H. The number of guanidine groups is 1. The van der Waals surface area contributed by atoms with E-state index in [4.69, 9.17) is 0 Å². The highest BCUT2D eigenvalue weighted by atomic mass is 127. The second-order valence-electron chi connectivity index (χ2n) is 6.09. The quantitative estimate of drug-likeness (QED) is 0.320. The molecule has 0 amide bonds. The van der Waals surface area contributed by atoms with E-state index in [1.165, 1.54) is 30.7 Å². The summed E-state index contributed by atoms with van der Waals surface area (Å²) in [6.07, 6.45) is 7.33. The largest absolute Gasteiger partial charge is 0.356 e. The maximum atomic E-state index is 4.49. The molecule has 126 valence electrons. The van der Waals surface area contributed by atoms with Crippen LogP contribution in [0.2, 0.25) is 0 Å². The van der Waals surface area contributed by atoms with Crippen LogP contribution in [0.25, 0.3) is 0 Å². The SMILES string of the molecule is CN=C(NCCCc1nc(C)cs1)NC1CCC(C)CC1.I. The predicted octanol–water partition coefficient (Wildman–Crippen LogP) is 3.75. The maximum Gasteiger partial charge on any atom is 0.191 e. The maximum absolute atomic E-state index is 4.49. The van der Waals surface area contributed by atoms with Gasteiger partial charge in [0, 0.05) is 37.1 Å². The Labute approximate surface area is 155 Å². The Hall–Kier alpha value is -0.370. The van der Waals surface area contributed by atoms with Crippen LogP contribution in [-0.4, -0.2) is 30.6 Å². The smallest absolute Gasteiger partial charge is 0.191 e. The fourth-order valence-electron chi connectivity index (χ4n) is 2.76. The van der Waals surface area contributed by atoms with E-state index >= 15 is 0 Å². The Morgan fingerprint density at radius 3 is 2.68 bits per heavy atom. The highest BCUT2D eigenvalue weighted by Crippen LogP contribution is 2.23. The van der Waals surface area contributed by atoms with Gasteiger partial charge in [-0.25, -0.2) is 4.98 Å². The minimum atomic E-state index is 0. The number of nitrogens with one attached hydrogen (secondary N) is 2. The second-order valence-corrected chi connectivity index (χ2v) is 7.03. The fourth-order valence-corrected chi connectivity index (χ4v) is 3.57. The molecule has 1 heterocycles.